The molecule has 0 unspecified atom stereocenters. The van der Waals surface area contributed by atoms with Gasteiger partial charge >= 0.3 is 5.97 Å². The Kier molecular flexibility index (Phi) is 4.88. The minimum atomic E-state index is -0.921. The van der Waals surface area contributed by atoms with Crippen molar-refractivity contribution in [2.75, 3.05) is 0 Å². The van der Waals surface area contributed by atoms with Gasteiger partial charge < -0.3 is 9.47 Å². The number of benzene rings is 3. The molecule has 0 fully saturated rings. The second-order valence-electron chi connectivity index (χ2n) is 6.56. The Morgan fingerprint density at radius 3 is 2.00 bits per heavy atom. The summed E-state index contributed by atoms with van der Waals surface area (Å²) in [5.74, 6) is -0.196. The lowest BCUT2D eigenvalue weighted by atomic mass is 9.88. The SMILES string of the molecule is C[C@H](OC(=O)C1c2ccccc2Oc2ccccc21)C(=O)c1ccc(Cl)cc1. The van der Waals surface area contributed by atoms with Gasteiger partial charge in [-0.3, -0.25) is 9.59 Å². The van der Waals surface area contributed by atoms with Crippen molar-refractivity contribution >= 4 is 23.4 Å². The molecule has 0 amide bonds. The van der Waals surface area contributed by atoms with Crippen LogP contribution in [0.3, 0.4) is 0 Å². The number of halogens is 1. The van der Waals surface area contributed by atoms with E-state index in [-0.39, 0.29) is 5.78 Å². The van der Waals surface area contributed by atoms with E-state index in [1.165, 1.54) is 0 Å². The van der Waals surface area contributed by atoms with Crippen LogP contribution in [0.25, 0.3) is 0 Å². The quantitative estimate of drug-likeness (QED) is 0.441. The van der Waals surface area contributed by atoms with Gasteiger partial charge in [0, 0.05) is 21.7 Å². The molecule has 3 aromatic carbocycles. The molecule has 0 aliphatic carbocycles. The van der Waals surface area contributed by atoms with E-state index < -0.39 is 18.0 Å². The highest BCUT2D eigenvalue weighted by molar-refractivity contribution is 6.30. The van der Waals surface area contributed by atoms with Crippen LogP contribution in [0.2, 0.25) is 5.02 Å². The second kappa shape index (κ2) is 7.49. The van der Waals surface area contributed by atoms with Crippen molar-refractivity contribution in [1.82, 2.24) is 0 Å². The van der Waals surface area contributed by atoms with Gasteiger partial charge in [0.25, 0.3) is 0 Å². The first-order chi connectivity index (χ1) is 13.5. The monoisotopic (exact) mass is 392 g/mol. The summed E-state index contributed by atoms with van der Waals surface area (Å²) in [7, 11) is 0. The number of fused-ring (bicyclic) bond motifs is 2. The molecule has 0 saturated carbocycles. The van der Waals surface area contributed by atoms with Crippen molar-refractivity contribution in [3.05, 3.63) is 94.5 Å². The zero-order valence-electron chi connectivity index (χ0n) is 15.1. The maximum Gasteiger partial charge on any atom is 0.318 e. The van der Waals surface area contributed by atoms with Gasteiger partial charge in [-0.15, -0.1) is 0 Å². The topological polar surface area (TPSA) is 52.6 Å². The van der Waals surface area contributed by atoms with E-state index in [0.717, 1.165) is 11.1 Å². The van der Waals surface area contributed by atoms with Crippen molar-refractivity contribution in [1.29, 1.82) is 0 Å². The first kappa shape index (κ1) is 18.3. The van der Waals surface area contributed by atoms with Gasteiger partial charge in [0.2, 0.25) is 5.78 Å². The first-order valence-electron chi connectivity index (χ1n) is 8.90. The standard InChI is InChI=1S/C23H17ClO4/c1-14(22(25)15-10-12-16(24)13-11-15)27-23(26)21-17-6-2-4-8-19(17)28-20-9-5-3-7-18(20)21/h2-14,21H,1H3/t14-/m0/s1. The molecule has 0 aromatic heterocycles. The van der Waals surface area contributed by atoms with Crippen LogP contribution in [0.1, 0.15) is 34.3 Å². The smallest absolute Gasteiger partial charge is 0.318 e. The van der Waals surface area contributed by atoms with E-state index in [9.17, 15) is 9.59 Å². The molecule has 4 nitrogen and oxygen atoms in total. The molecule has 28 heavy (non-hydrogen) atoms. The lowest BCUT2D eigenvalue weighted by Gasteiger charge is -2.27. The average molecular weight is 393 g/mol. The molecule has 5 heteroatoms. The van der Waals surface area contributed by atoms with Crippen molar-refractivity contribution in [2.45, 2.75) is 18.9 Å². The summed E-state index contributed by atoms with van der Waals surface area (Å²) in [4.78, 5) is 25.7. The average Bonchev–Trinajstić information content (AvgIpc) is 2.71. The Bertz CT molecular complexity index is 997. The van der Waals surface area contributed by atoms with Gasteiger partial charge in [-0.2, -0.15) is 0 Å². The van der Waals surface area contributed by atoms with E-state index in [2.05, 4.69) is 0 Å². The molecule has 4 rings (SSSR count). The number of ketones is 1. The van der Waals surface area contributed by atoms with Crippen LogP contribution in [0.15, 0.2) is 72.8 Å². The molecule has 0 saturated heterocycles. The number of Topliss-reactive ketones (excluding diaryl/α,β-unsaturated/α-hetero) is 1. The number of hydrogen-bond donors (Lipinski definition) is 0. The Labute approximate surface area is 167 Å². The predicted molar refractivity (Wildman–Crippen MR) is 106 cm³/mol. The van der Waals surface area contributed by atoms with E-state index in [1.54, 1.807) is 31.2 Å². The molecular formula is C23H17ClO4. The zero-order chi connectivity index (χ0) is 19.7. The zero-order valence-corrected chi connectivity index (χ0v) is 15.8. The number of para-hydroxylation sites is 2. The van der Waals surface area contributed by atoms with E-state index in [4.69, 9.17) is 21.1 Å². The summed E-state index contributed by atoms with van der Waals surface area (Å²) >= 11 is 5.87. The van der Waals surface area contributed by atoms with Crippen LogP contribution in [-0.2, 0) is 9.53 Å². The predicted octanol–water partition coefficient (Wildman–Crippen LogP) is 5.39. The van der Waals surface area contributed by atoms with Crippen molar-refractivity contribution in [3.63, 3.8) is 0 Å². The van der Waals surface area contributed by atoms with Gasteiger partial charge in [-0.1, -0.05) is 48.0 Å². The lowest BCUT2D eigenvalue weighted by Crippen LogP contribution is -2.29. The summed E-state index contributed by atoms with van der Waals surface area (Å²) in [6, 6.07) is 21.2. The molecule has 140 valence electrons. The molecule has 1 aliphatic heterocycles. The maximum atomic E-state index is 13.1. The van der Waals surface area contributed by atoms with E-state index >= 15 is 0 Å². The molecule has 1 atom stereocenters. The maximum absolute atomic E-state index is 13.1. The molecule has 0 radical (unpaired) electrons. The van der Waals surface area contributed by atoms with E-state index in [0.29, 0.717) is 22.1 Å². The van der Waals surface area contributed by atoms with Crippen molar-refractivity contribution in [3.8, 4) is 11.5 Å². The van der Waals surface area contributed by atoms with Gasteiger partial charge in [-0.05, 0) is 43.3 Å². The fraction of sp³-hybridized carbons (Fsp3) is 0.130. The molecular weight excluding hydrogens is 376 g/mol. The number of ether oxygens (including phenoxy) is 2. The van der Waals surface area contributed by atoms with Crippen LogP contribution in [0, 0.1) is 0 Å². The largest absolute Gasteiger partial charge is 0.457 e. The van der Waals surface area contributed by atoms with Crippen LogP contribution in [-0.4, -0.2) is 17.9 Å². The Balaban J connectivity index is 1.61. The van der Waals surface area contributed by atoms with Crippen LogP contribution in [0.5, 0.6) is 11.5 Å². The van der Waals surface area contributed by atoms with Crippen molar-refractivity contribution < 1.29 is 19.1 Å². The summed E-state index contributed by atoms with van der Waals surface area (Å²) in [6.45, 7) is 1.58. The highest BCUT2D eigenvalue weighted by Crippen LogP contribution is 2.44. The highest BCUT2D eigenvalue weighted by atomic mass is 35.5. The van der Waals surface area contributed by atoms with Gasteiger partial charge in [-0.25, -0.2) is 0 Å². The number of carbonyl (C=O) groups excluding carboxylic acids is 2. The normalized spacial score (nSPS) is 13.6. The Morgan fingerprint density at radius 1 is 0.893 bits per heavy atom. The van der Waals surface area contributed by atoms with Crippen molar-refractivity contribution in [2.24, 2.45) is 0 Å². The summed E-state index contributed by atoms with van der Waals surface area (Å²) < 4.78 is 11.5. The third-order valence-corrected chi connectivity index (χ3v) is 4.96. The van der Waals surface area contributed by atoms with Gasteiger partial charge in [0.05, 0.1) is 0 Å². The summed E-state index contributed by atoms with van der Waals surface area (Å²) in [6.07, 6.45) is -0.921. The van der Waals surface area contributed by atoms with E-state index in [1.807, 2.05) is 48.5 Å². The number of esters is 1. The molecule has 0 bridgehead atoms. The molecule has 0 spiro atoms. The van der Waals surface area contributed by atoms with Crippen LogP contribution in [0.4, 0.5) is 0 Å². The fourth-order valence-electron chi connectivity index (χ4n) is 3.31. The number of carbonyl (C=O) groups is 2. The summed E-state index contributed by atoms with van der Waals surface area (Å²) in [5, 5.41) is 0.539. The summed E-state index contributed by atoms with van der Waals surface area (Å²) in [5.41, 5.74) is 1.88. The minimum absolute atomic E-state index is 0.279. The third-order valence-electron chi connectivity index (χ3n) is 4.71. The molecule has 1 aliphatic rings. The Hall–Kier alpha value is -3.11. The number of hydrogen-bond acceptors (Lipinski definition) is 4. The van der Waals surface area contributed by atoms with Crippen LogP contribution >= 0.6 is 11.6 Å². The molecule has 1 heterocycles. The molecule has 3 aromatic rings. The van der Waals surface area contributed by atoms with Gasteiger partial charge in [0.15, 0.2) is 6.10 Å². The lowest BCUT2D eigenvalue weighted by molar-refractivity contribution is -0.147. The fourth-order valence-corrected chi connectivity index (χ4v) is 3.43. The molecule has 0 N–H and O–H groups in total. The van der Waals surface area contributed by atoms with Gasteiger partial charge in [0.1, 0.15) is 17.4 Å². The van der Waals surface area contributed by atoms with Crippen LogP contribution < -0.4 is 4.74 Å². The third kappa shape index (κ3) is 3.39. The minimum Gasteiger partial charge on any atom is -0.457 e. The first-order valence-corrected chi connectivity index (χ1v) is 9.28. The second-order valence-corrected chi connectivity index (χ2v) is 7.00. The number of rotatable bonds is 4. The Morgan fingerprint density at radius 2 is 1.43 bits per heavy atom. The highest BCUT2D eigenvalue weighted by Gasteiger charge is 2.35.